The molecule has 0 spiro atoms. The predicted octanol–water partition coefficient (Wildman–Crippen LogP) is 3.56. The van der Waals surface area contributed by atoms with Gasteiger partial charge in [-0.25, -0.2) is 4.39 Å². The molecule has 3 aromatic rings. The lowest BCUT2D eigenvalue weighted by molar-refractivity contribution is -0.133. The highest BCUT2D eigenvalue weighted by Crippen LogP contribution is 2.29. The molecule has 0 radical (unpaired) electrons. The van der Waals surface area contributed by atoms with Gasteiger partial charge in [-0.3, -0.25) is 14.9 Å². The Hall–Kier alpha value is -2.60. The molecular weight excluding hydrogens is 343 g/mol. The van der Waals surface area contributed by atoms with E-state index in [1.165, 1.54) is 0 Å². The zero-order valence-corrected chi connectivity index (χ0v) is 15.4. The summed E-state index contributed by atoms with van der Waals surface area (Å²) in [6.07, 6.45) is 5.94. The Kier molecular flexibility index (Phi) is 4.74. The predicted molar refractivity (Wildman–Crippen MR) is 103 cm³/mol. The number of piperidine rings is 1. The van der Waals surface area contributed by atoms with Gasteiger partial charge in [0.05, 0.1) is 12.6 Å². The molecule has 140 valence electrons. The number of aromatic amines is 1. The summed E-state index contributed by atoms with van der Waals surface area (Å²) < 4.78 is 15.1. The number of carbonyl (C=O) groups excluding carboxylic acids is 1. The highest BCUT2D eigenvalue weighted by Gasteiger charge is 2.40. The summed E-state index contributed by atoms with van der Waals surface area (Å²) >= 11 is 0. The van der Waals surface area contributed by atoms with E-state index >= 15 is 4.39 Å². The lowest BCUT2D eigenvalue weighted by Gasteiger charge is -2.34. The summed E-state index contributed by atoms with van der Waals surface area (Å²) in [4.78, 5) is 19.2. The summed E-state index contributed by atoms with van der Waals surface area (Å²) in [5, 5.41) is 8.77. The van der Waals surface area contributed by atoms with Crippen molar-refractivity contribution in [3.05, 3.63) is 48.5 Å². The molecule has 5 nitrogen and oxygen atoms in total. The Morgan fingerprint density at radius 1 is 1.19 bits per heavy atom. The number of carbonyl (C=O) groups is 1. The number of halogens is 1. The highest BCUT2D eigenvalue weighted by atomic mass is 19.1. The first-order valence-electron chi connectivity index (χ1n) is 9.40. The molecule has 0 amide bonds. The van der Waals surface area contributed by atoms with Crippen molar-refractivity contribution in [1.82, 2.24) is 20.1 Å². The van der Waals surface area contributed by atoms with Crippen molar-refractivity contribution >= 4 is 16.6 Å². The molecule has 3 heterocycles. The minimum absolute atomic E-state index is 0.0362. The smallest absolute Gasteiger partial charge is 0.175 e. The van der Waals surface area contributed by atoms with Gasteiger partial charge < -0.3 is 4.90 Å². The second-order valence-electron chi connectivity index (χ2n) is 7.22. The van der Waals surface area contributed by atoms with E-state index in [1.54, 1.807) is 12.4 Å². The fourth-order valence-corrected chi connectivity index (χ4v) is 3.70. The second-order valence-corrected chi connectivity index (χ2v) is 7.22. The standard InChI is InChI=1S/C21H23FN4O/c1-2-26-7-5-21(22,6-8-26)20(27)11-19-10-17-9-15(18-13-24-25-14-18)3-4-16(17)12-23-19/h3-4,9-10,12-14H,2,5-8,11H2,1H3,(H,24,25). The first-order valence-corrected chi connectivity index (χ1v) is 9.40. The monoisotopic (exact) mass is 366 g/mol. The summed E-state index contributed by atoms with van der Waals surface area (Å²) in [5.41, 5.74) is 0.929. The third kappa shape index (κ3) is 3.62. The molecule has 0 saturated carbocycles. The van der Waals surface area contributed by atoms with Crippen LogP contribution in [0.1, 0.15) is 25.5 Å². The fourth-order valence-electron chi connectivity index (χ4n) is 3.70. The van der Waals surface area contributed by atoms with Crippen LogP contribution in [0.4, 0.5) is 4.39 Å². The van der Waals surface area contributed by atoms with Crippen LogP contribution in [-0.4, -0.2) is 51.2 Å². The summed E-state index contributed by atoms with van der Waals surface area (Å²) in [5.74, 6) is -0.351. The van der Waals surface area contributed by atoms with Gasteiger partial charge in [-0.15, -0.1) is 0 Å². The molecule has 1 aliphatic rings. The number of aromatic nitrogens is 3. The van der Waals surface area contributed by atoms with Crippen LogP contribution < -0.4 is 0 Å². The molecule has 27 heavy (non-hydrogen) atoms. The number of nitrogens with one attached hydrogen (secondary N) is 1. The van der Waals surface area contributed by atoms with Crippen LogP contribution >= 0.6 is 0 Å². The van der Waals surface area contributed by atoms with Crippen LogP contribution in [0.5, 0.6) is 0 Å². The van der Waals surface area contributed by atoms with Crippen LogP contribution in [0, 0.1) is 0 Å². The van der Waals surface area contributed by atoms with Crippen molar-refractivity contribution in [1.29, 1.82) is 0 Å². The SMILES string of the molecule is CCN1CCC(F)(C(=O)Cc2cc3cc(-c4cn[nH]c4)ccc3cn2)CC1. The van der Waals surface area contributed by atoms with Gasteiger partial charge in [-0.1, -0.05) is 19.1 Å². The van der Waals surface area contributed by atoms with Crippen molar-refractivity contribution in [2.45, 2.75) is 31.9 Å². The van der Waals surface area contributed by atoms with Crippen molar-refractivity contribution < 1.29 is 9.18 Å². The van der Waals surface area contributed by atoms with E-state index in [1.807, 2.05) is 30.5 Å². The first-order chi connectivity index (χ1) is 13.1. The molecule has 1 aliphatic heterocycles. The van der Waals surface area contributed by atoms with Crippen molar-refractivity contribution in [3.63, 3.8) is 0 Å². The van der Waals surface area contributed by atoms with Gasteiger partial charge in [0.25, 0.3) is 0 Å². The molecule has 0 atom stereocenters. The van der Waals surface area contributed by atoms with Gasteiger partial charge in [0.2, 0.25) is 0 Å². The van der Waals surface area contributed by atoms with Crippen molar-refractivity contribution in [2.24, 2.45) is 0 Å². The zero-order chi connectivity index (χ0) is 18.9. The maximum absolute atomic E-state index is 15.1. The number of alkyl halides is 1. The number of hydrogen-bond donors (Lipinski definition) is 1. The number of rotatable bonds is 5. The van der Waals surface area contributed by atoms with Gasteiger partial charge in [-0.2, -0.15) is 5.10 Å². The normalized spacial score (nSPS) is 17.3. The van der Waals surface area contributed by atoms with E-state index in [0.29, 0.717) is 18.8 Å². The number of fused-ring (bicyclic) bond motifs is 1. The number of H-pyrrole nitrogens is 1. The van der Waals surface area contributed by atoms with E-state index in [4.69, 9.17) is 0 Å². The van der Waals surface area contributed by atoms with Gasteiger partial charge in [0, 0.05) is 55.0 Å². The number of hydrogen-bond acceptors (Lipinski definition) is 4. The van der Waals surface area contributed by atoms with E-state index in [-0.39, 0.29) is 25.0 Å². The molecule has 0 unspecified atom stereocenters. The van der Waals surface area contributed by atoms with Gasteiger partial charge in [0.15, 0.2) is 11.5 Å². The number of likely N-dealkylation sites (tertiary alicyclic amines) is 1. The highest BCUT2D eigenvalue weighted by molar-refractivity contribution is 5.91. The Morgan fingerprint density at radius 3 is 2.70 bits per heavy atom. The number of nitrogens with zero attached hydrogens (tertiary/aromatic N) is 3. The van der Waals surface area contributed by atoms with E-state index in [9.17, 15) is 4.79 Å². The van der Waals surface area contributed by atoms with Crippen LogP contribution in [0.3, 0.4) is 0 Å². The molecule has 1 aromatic carbocycles. The summed E-state index contributed by atoms with van der Waals surface area (Å²) in [6, 6.07) is 7.94. The van der Waals surface area contributed by atoms with Gasteiger partial charge >= 0.3 is 0 Å². The minimum Gasteiger partial charge on any atom is -0.303 e. The van der Waals surface area contributed by atoms with Crippen LogP contribution in [-0.2, 0) is 11.2 Å². The van der Waals surface area contributed by atoms with Gasteiger partial charge in [-0.05, 0) is 29.6 Å². The third-order valence-corrected chi connectivity index (χ3v) is 5.55. The molecule has 1 saturated heterocycles. The second kappa shape index (κ2) is 7.19. The van der Waals surface area contributed by atoms with E-state index in [2.05, 4.69) is 27.0 Å². The maximum atomic E-state index is 15.1. The molecule has 1 fully saturated rings. The topological polar surface area (TPSA) is 61.9 Å². The molecule has 1 N–H and O–H groups in total. The molecule has 4 rings (SSSR count). The number of pyridine rings is 1. The first kappa shape index (κ1) is 17.8. The van der Waals surface area contributed by atoms with Crippen LogP contribution in [0.2, 0.25) is 0 Å². The fraction of sp³-hybridized carbons (Fsp3) is 0.381. The van der Waals surface area contributed by atoms with Crippen LogP contribution in [0.25, 0.3) is 21.9 Å². The largest absolute Gasteiger partial charge is 0.303 e. The Morgan fingerprint density at radius 2 is 2.00 bits per heavy atom. The van der Waals surface area contributed by atoms with E-state index in [0.717, 1.165) is 28.4 Å². The lowest BCUT2D eigenvalue weighted by Crippen LogP contribution is -2.47. The summed E-state index contributed by atoms with van der Waals surface area (Å²) in [6.45, 7) is 4.23. The number of Topliss-reactive ketones (excluding diaryl/α,β-unsaturated/α-hetero) is 1. The minimum atomic E-state index is -1.72. The molecule has 0 aliphatic carbocycles. The lowest BCUT2D eigenvalue weighted by atomic mass is 9.87. The van der Waals surface area contributed by atoms with Crippen LogP contribution in [0.15, 0.2) is 42.9 Å². The Balaban J connectivity index is 1.54. The average molecular weight is 366 g/mol. The third-order valence-electron chi connectivity index (χ3n) is 5.55. The molecule has 6 heteroatoms. The van der Waals surface area contributed by atoms with Gasteiger partial charge in [0.1, 0.15) is 0 Å². The summed E-state index contributed by atoms with van der Waals surface area (Å²) in [7, 11) is 0. The van der Waals surface area contributed by atoms with E-state index < -0.39 is 5.67 Å². The Bertz CT molecular complexity index is 946. The van der Waals surface area contributed by atoms with Crippen molar-refractivity contribution in [2.75, 3.05) is 19.6 Å². The Labute approximate surface area is 157 Å². The molecule has 0 bridgehead atoms. The molecular formula is C21H23FN4O. The molecule has 2 aromatic heterocycles. The maximum Gasteiger partial charge on any atom is 0.175 e. The van der Waals surface area contributed by atoms with Crippen molar-refractivity contribution in [3.8, 4) is 11.1 Å². The zero-order valence-electron chi connectivity index (χ0n) is 15.4. The number of ketones is 1. The number of benzene rings is 1. The average Bonchev–Trinajstić information content (AvgIpc) is 3.23. The quantitative estimate of drug-likeness (QED) is 0.750.